The van der Waals surface area contributed by atoms with E-state index in [4.69, 9.17) is 35.8 Å². The molecule has 0 amide bonds. The monoisotopic (exact) mass is 320 g/mol. The number of rotatable bonds is 5. The second-order valence-corrected chi connectivity index (χ2v) is 3.33. The Kier molecular flexibility index (Phi) is 41.7. The van der Waals surface area contributed by atoms with Gasteiger partial charge in [0.15, 0.2) is 0 Å². The summed E-state index contributed by atoms with van der Waals surface area (Å²) in [5.74, 6) is -0.968. The van der Waals surface area contributed by atoms with E-state index in [0.717, 1.165) is 13.1 Å². The molecule has 0 aliphatic rings. The maximum absolute atomic E-state index is 9.24. The minimum Gasteiger partial charge on any atom is -0.790 e. The van der Waals surface area contributed by atoms with Crippen molar-refractivity contribution >= 4 is 13.8 Å². The van der Waals surface area contributed by atoms with Crippen molar-refractivity contribution in [1.82, 2.24) is 5.32 Å². The number of hydrogen-bond acceptors (Lipinski definition) is 8. The summed E-state index contributed by atoms with van der Waals surface area (Å²) in [6.45, 7) is 2.86. The quantitative estimate of drug-likeness (QED) is 0.160. The Bertz CT molecular complexity index is 208. The Labute approximate surface area is 156 Å². The second kappa shape index (κ2) is 24.4. The van der Waals surface area contributed by atoms with Gasteiger partial charge in [0.25, 0.3) is 0 Å². The molecule has 0 heterocycles. The fraction of sp³-hybridized carbons (Fsp3) is 0.833. The SMILES string of the molecule is NCC(=O)O.NCCNCCN.O=P([O-])([O-])O.[Na+].[Na+]. The van der Waals surface area contributed by atoms with Gasteiger partial charge in [-0.2, -0.15) is 0 Å². The fourth-order valence-electron chi connectivity index (χ4n) is 0.329. The molecule has 0 spiro atoms. The minimum absolute atomic E-state index is 0. The molecule has 0 saturated heterocycles. The van der Waals surface area contributed by atoms with E-state index in [1.165, 1.54) is 0 Å². The number of carbonyl (C=O) groups is 1. The molecule has 9 N–H and O–H groups in total. The predicted octanol–water partition coefficient (Wildman–Crippen LogP) is -10.7. The Morgan fingerprint density at radius 1 is 1.11 bits per heavy atom. The maximum Gasteiger partial charge on any atom is 1.00 e. The molecular weight excluding hydrogens is 301 g/mol. The van der Waals surface area contributed by atoms with Crippen LogP contribution in [0.2, 0.25) is 0 Å². The van der Waals surface area contributed by atoms with Gasteiger partial charge in [-0.25, -0.2) is 0 Å². The van der Waals surface area contributed by atoms with E-state index in [9.17, 15) is 4.79 Å². The molecule has 0 aliphatic heterocycles. The molecule has 0 aromatic carbocycles. The van der Waals surface area contributed by atoms with Crippen molar-refractivity contribution in [3.8, 4) is 0 Å². The molecule has 10 nitrogen and oxygen atoms in total. The molecule has 13 heteroatoms. The zero-order valence-corrected chi connectivity index (χ0v) is 16.1. The van der Waals surface area contributed by atoms with Crippen LogP contribution < -0.4 is 91.4 Å². The number of hydrogen-bond donors (Lipinski definition) is 6. The van der Waals surface area contributed by atoms with Gasteiger partial charge in [0.05, 0.1) is 14.4 Å². The van der Waals surface area contributed by atoms with Crippen LogP contribution in [-0.4, -0.2) is 48.7 Å². The smallest absolute Gasteiger partial charge is 0.790 e. The van der Waals surface area contributed by atoms with Crippen molar-refractivity contribution in [2.24, 2.45) is 17.2 Å². The van der Waals surface area contributed by atoms with E-state index in [-0.39, 0.29) is 65.7 Å². The zero-order valence-electron chi connectivity index (χ0n) is 11.2. The minimum atomic E-state index is -5.14. The molecule has 0 bridgehead atoms. The Balaban J connectivity index is -0.0000000500. The third kappa shape index (κ3) is 107. The van der Waals surface area contributed by atoms with Gasteiger partial charge in [0, 0.05) is 26.2 Å². The van der Waals surface area contributed by atoms with Crippen molar-refractivity contribution in [1.29, 1.82) is 0 Å². The molecular formula is C6H19N4Na2O6P. The van der Waals surface area contributed by atoms with E-state index in [1.807, 2.05) is 0 Å². The Morgan fingerprint density at radius 3 is 1.42 bits per heavy atom. The summed E-state index contributed by atoms with van der Waals surface area (Å²) >= 11 is 0. The molecule has 19 heavy (non-hydrogen) atoms. The number of carboxylic acid groups (broad SMARTS) is 1. The van der Waals surface area contributed by atoms with Crippen LogP contribution in [0.15, 0.2) is 0 Å². The van der Waals surface area contributed by atoms with Gasteiger partial charge in [0.1, 0.15) is 0 Å². The standard InChI is InChI=1S/C4H13N3.C2H5NO2.2Na.H3O4P/c5-1-3-7-4-2-6;3-1-2(4)5;;;1-5(2,3)4/h7H,1-6H2;1,3H2,(H,4,5);;;(H3,1,2,3,4)/q;;2*+1;/p-2. The topological polar surface area (TPSA) is 211 Å². The van der Waals surface area contributed by atoms with E-state index < -0.39 is 13.8 Å². The van der Waals surface area contributed by atoms with Gasteiger partial charge >= 0.3 is 65.1 Å². The van der Waals surface area contributed by atoms with Crippen LogP contribution in [0.3, 0.4) is 0 Å². The molecule has 0 atom stereocenters. The van der Waals surface area contributed by atoms with Crippen LogP contribution in [0.5, 0.6) is 0 Å². The molecule has 0 aromatic heterocycles. The number of nitrogens with two attached hydrogens (primary N) is 3. The van der Waals surface area contributed by atoms with Gasteiger partial charge in [-0.1, -0.05) is 0 Å². The number of carboxylic acids is 1. The van der Waals surface area contributed by atoms with Crippen LogP contribution in [0.25, 0.3) is 0 Å². The molecule has 0 rings (SSSR count). The van der Waals surface area contributed by atoms with Crippen LogP contribution in [0, 0.1) is 0 Å². The molecule has 0 radical (unpaired) electrons. The van der Waals surface area contributed by atoms with E-state index >= 15 is 0 Å². The van der Waals surface area contributed by atoms with Crippen LogP contribution in [0.1, 0.15) is 0 Å². The van der Waals surface area contributed by atoms with Crippen LogP contribution in [0.4, 0.5) is 0 Å². The molecule has 106 valence electrons. The average Bonchev–Trinajstić information content (AvgIpc) is 2.17. The van der Waals surface area contributed by atoms with E-state index in [0.29, 0.717) is 13.1 Å². The number of phosphoric acid groups is 1. The molecule has 0 unspecified atom stereocenters. The average molecular weight is 320 g/mol. The summed E-state index contributed by atoms with van der Waals surface area (Å²) in [7, 11) is -5.14. The molecule has 0 saturated carbocycles. The van der Waals surface area contributed by atoms with Gasteiger partial charge in [0.2, 0.25) is 0 Å². The molecule has 0 aliphatic carbocycles. The second-order valence-electron chi connectivity index (χ2n) is 2.39. The summed E-state index contributed by atoms with van der Waals surface area (Å²) in [6, 6.07) is 0. The zero-order chi connectivity index (χ0) is 14.3. The number of aliphatic carboxylic acids is 1. The van der Waals surface area contributed by atoms with Crippen molar-refractivity contribution in [2.45, 2.75) is 0 Å². The first-order valence-corrected chi connectivity index (χ1v) is 5.96. The third-order valence-electron chi connectivity index (χ3n) is 0.817. The third-order valence-corrected chi connectivity index (χ3v) is 0.817. The number of nitrogens with one attached hydrogen (secondary N) is 1. The summed E-state index contributed by atoms with van der Waals surface area (Å²) in [6.07, 6.45) is 0. The first-order valence-electron chi connectivity index (χ1n) is 4.46. The normalized spacial score (nSPS) is 8.53. The Hall–Kier alpha value is 1.42. The van der Waals surface area contributed by atoms with Crippen LogP contribution >= 0.6 is 7.82 Å². The maximum atomic E-state index is 9.24. The van der Waals surface area contributed by atoms with Crippen molar-refractivity contribution in [2.75, 3.05) is 32.7 Å². The van der Waals surface area contributed by atoms with Gasteiger partial charge in [-0.05, 0) is 0 Å². The Morgan fingerprint density at radius 2 is 1.32 bits per heavy atom. The summed E-state index contributed by atoms with van der Waals surface area (Å²) in [5.41, 5.74) is 14.9. The molecule has 0 aromatic rings. The van der Waals surface area contributed by atoms with Crippen molar-refractivity contribution < 1.29 is 88.3 Å². The van der Waals surface area contributed by atoms with Gasteiger partial charge < -0.3 is 46.9 Å². The molecule has 0 fully saturated rings. The van der Waals surface area contributed by atoms with Gasteiger partial charge in [-0.3, -0.25) is 4.79 Å². The van der Waals surface area contributed by atoms with E-state index in [1.54, 1.807) is 0 Å². The predicted molar refractivity (Wildman–Crippen MR) is 57.5 cm³/mol. The van der Waals surface area contributed by atoms with Crippen LogP contribution in [-0.2, 0) is 9.36 Å². The van der Waals surface area contributed by atoms with Crippen molar-refractivity contribution in [3.63, 3.8) is 0 Å². The summed E-state index contributed by atoms with van der Waals surface area (Å²) in [5, 5.41) is 10.6. The first kappa shape index (κ1) is 32.4. The van der Waals surface area contributed by atoms with E-state index in [2.05, 4.69) is 11.1 Å². The summed E-state index contributed by atoms with van der Waals surface area (Å²) in [4.78, 5) is 33.5. The largest absolute Gasteiger partial charge is 1.00 e. The van der Waals surface area contributed by atoms with Gasteiger partial charge in [-0.15, -0.1) is 0 Å². The van der Waals surface area contributed by atoms with Crippen molar-refractivity contribution in [3.05, 3.63) is 0 Å². The fourth-order valence-corrected chi connectivity index (χ4v) is 0.329. The summed E-state index contributed by atoms with van der Waals surface area (Å²) < 4.78 is 8.66. The first-order chi connectivity index (χ1) is 7.68.